The average molecular weight is 577 g/mol. The van der Waals surface area contributed by atoms with Crippen LogP contribution in [0.2, 0.25) is 0 Å². The van der Waals surface area contributed by atoms with E-state index in [9.17, 15) is 10.1 Å². The highest BCUT2D eigenvalue weighted by molar-refractivity contribution is 5.87. The number of aryl methyl sites for hydroxylation is 1. The van der Waals surface area contributed by atoms with Gasteiger partial charge in [0.25, 0.3) is 11.5 Å². The maximum Gasteiger partial charge on any atom is 0.276 e. The second kappa shape index (κ2) is 12.1. The number of benzene rings is 1. The number of fused-ring (bicyclic) bond motifs is 9. The quantitative estimate of drug-likeness (QED) is 0.338. The lowest BCUT2D eigenvalue weighted by atomic mass is 9.85. The highest BCUT2D eigenvalue weighted by Crippen LogP contribution is 2.42. The van der Waals surface area contributed by atoms with Gasteiger partial charge in [0, 0.05) is 35.7 Å². The topological polar surface area (TPSA) is 86.8 Å². The maximum absolute atomic E-state index is 15.9. The van der Waals surface area contributed by atoms with Crippen molar-refractivity contribution in [3.05, 3.63) is 63.7 Å². The van der Waals surface area contributed by atoms with Crippen molar-refractivity contribution in [1.82, 2.24) is 19.4 Å². The lowest BCUT2D eigenvalue weighted by Gasteiger charge is -2.39. The number of aromatic nitrogens is 3. The zero-order valence-corrected chi connectivity index (χ0v) is 25.2. The molecule has 8 bridgehead atoms. The summed E-state index contributed by atoms with van der Waals surface area (Å²) < 4.78 is 33.4. The molecule has 42 heavy (non-hydrogen) atoms. The summed E-state index contributed by atoms with van der Waals surface area (Å²) in [6.45, 7) is 9.48. The van der Waals surface area contributed by atoms with Crippen molar-refractivity contribution < 1.29 is 8.78 Å². The van der Waals surface area contributed by atoms with E-state index in [0.29, 0.717) is 60.9 Å². The molecule has 3 aliphatic rings. The third kappa shape index (κ3) is 5.92. The molecule has 6 rings (SSSR count). The Hall–Kier alpha value is -3.38. The van der Waals surface area contributed by atoms with Crippen molar-refractivity contribution in [3.63, 3.8) is 0 Å². The number of hydrogen-bond acceptors (Lipinski definition) is 6. The largest absolute Gasteiger partial charge is 0.363 e. The van der Waals surface area contributed by atoms with E-state index in [1.807, 2.05) is 13.0 Å². The summed E-state index contributed by atoms with van der Waals surface area (Å²) in [6.07, 6.45) is 7.28. The number of rotatable bonds is 1. The molecule has 2 aromatic heterocycles. The summed E-state index contributed by atoms with van der Waals surface area (Å²) in [5.74, 6) is -3.10. The van der Waals surface area contributed by atoms with Gasteiger partial charge in [0.15, 0.2) is 0 Å². The van der Waals surface area contributed by atoms with Gasteiger partial charge in [-0.1, -0.05) is 37.5 Å². The molecule has 0 amide bonds. The molecule has 7 nitrogen and oxygen atoms in total. The molecular formula is C33H42F2N6O. The van der Waals surface area contributed by atoms with E-state index < -0.39 is 17.3 Å². The molecule has 1 aromatic carbocycles. The van der Waals surface area contributed by atoms with Crippen molar-refractivity contribution in [2.45, 2.75) is 103 Å². The molecule has 5 heterocycles. The van der Waals surface area contributed by atoms with E-state index in [1.54, 1.807) is 36.6 Å². The van der Waals surface area contributed by atoms with E-state index in [2.05, 4.69) is 33.2 Å². The third-order valence-corrected chi connectivity index (χ3v) is 9.38. The number of piperidine rings is 1. The van der Waals surface area contributed by atoms with Crippen LogP contribution in [0.5, 0.6) is 0 Å². The van der Waals surface area contributed by atoms with Gasteiger partial charge < -0.3 is 10.2 Å². The molecule has 1 N–H and O–H groups in total. The average Bonchev–Trinajstić information content (AvgIpc) is 2.99. The van der Waals surface area contributed by atoms with Crippen LogP contribution in [-0.4, -0.2) is 38.6 Å². The lowest BCUT2D eigenvalue weighted by Crippen LogP contribution is -2.43. The van der Waals surface area contributed by atoms with Crippen molar-refractivity contribution in [1.29, 1.82) is 5.26 Å². The number of halogens is 2. The lowest BCUT2D eigenvalue weighted by molar-refractivity contribution is -0.0883. The van der Waals surface area contributed by atoms with E-state index in [4.69, 9.17) is 0 Å². The minimum Gasteiger partial charge on any atom is -0.363 e. The minimum absolute atomic E-state index is 0.0467. The summed E-state index contributed by atoms with van der Waals surface area (Å²) in [4.78, 5) is 25.0. The fourth-order valence-corrected chi connectivity index (χ4v) is 6.50. The first-order valence-electron chi connectivity index (χ1n) is 15.3. The Labute approximate surface area is 247 Å². The van der Waals surface area contributed by atoms with E-state index in [1.165, 1.54) is 12.4 Å². The third-order valence-electron chi connectivity index (χ3n) is 9.38. The first-order chi connectivity index (χ1) is 20.0. The smallest absolute Gasteiger partial charge is 0.276 e. The van der Waals surface area contributed by atoms with Crippen LogP contribution in [0.4, 0.5) is 14.6 Å². The van der Waals surface area contributed by atoms with Crippen LogP contribution in [0.1, 0.15) is 95.4 Å². The summed E-state index contributed by atoms with van der Waals surface area (Å²) in [5, 5.41) is 13.9. The zero-order valence-electron chi connectivity index (χ0n) is 25.2. The van der Waals surface area contributed by atoms with Gasteiger partial charge in [-0.2, -0.15) is 5.26 Å². The molecule has 3 aromatic rings. The highest BCUT2D eigenvalue weighted by atomic mass is 19.3. The van der Waals surface area contributed by atoms with Crippen LogP contribution in [0.25, 0.3) is 11.0 Å². The number of hydrogen-bond donors (Lipinski definition) is 1. The predicted molar refractivity (Wildman–Crippen MR) is 162 cm³/mol. The molecule has 224 valence electrons. The second-order valence-corrected chi connectivity index (χ2v) is 12.7. The summed E-state index contributed by atoms with van der Waals surface area (Å²) in [6, 6.07) is 10.7. The Kier molecular flexibility index (Phi) is 8.66. The van der Waals surface area contributed by atoms with Gasteiger partial charge in [-0.3, -0.25) is 9.36 Å². The van der Waals surface area contributed by atoms with Crippen LogP contribution < -0.4 is 10.9 Å². The number of nitriles is 1. The van der Waals surface area contributed by atoms with Crippen LogP contribution in [-0.2, 0) is 17.9 Å². The van der Waals surface area contributed by atoms with Crippen LogP contribution in [0.3, 0.4) is 0 Å². The van der Waals surface area contributed by atoms with E-state index >= 15 is 8.78 Å². The van der Waals surface area contributed by atoms with Crippen LogP contribution >= 0.6 is 0 Å². The Morgan fingerprint density at radius 2 is 1.76 bits per heavy atom. The van der Waals surface area contributed by atoms with Crippen molar-refractivity contribution in [3.8, 4) is 6.07 Å². The molecule has 0 aliphatic carbocycles. The Morgan fingerprint density at radius 3 is 2.50 bits per heavy atom. The van der Waals surface area contributed by atoms with Gasteiger partial charge >= 0.3 is 0 Å². The second-order valence-electron chi connectivity index (χ2n) is 12.7. The van der Waals surface area contributed by atoms with Gasteiger partial charge in [0.2, 0.25) is 0 Å². The number of nitrogens with one attached hydrogen (secondary N) is 1. The first-order valence-corrected chi connectivity index (χ1v) is 15.3. The normalized spacial score (nSPS) is 25.4. The molecule has 0 radical (unpaired) electrons. The Balaban J connectivity index is 1.58. The minimum atomic E-state index is -2.92. The number of pyridine rings is 1. The molecule has 3 aliphatic heterocycles. The van der Waals surface area contributed by atoms with Crippen molar-refractivity contribution in [2.24, 2.45) is 5.92 Å². The first kappa shape index (κ1) is 30.1. The molecule has 1 fully saturated rings. The SMILES string of the molecule is CC1CCCCCCn2c(=O)c(C(C)(C)C#N)cc3c(ncnc32)N[C@H](C)c2cccc(c2)C(F)(F)C2CCN1CC2. The Bertz CT molecular complexity index is 1520. The summed E-state index contributed by atoms with van der Waals surface area (Å²) in [7, 11) is 0. The van der Waals surface area contributed by atoms with Crippen LogP contribution in [0, 0.1) is 17.2 Å². The van der Waals surface area contributed by atoms with Gasteiger partial charge in [-0.05, 0) is 84.2 Å². The summed E-state index contributed by atoms with van der Waals surface area (Å²) >= 11 is 0. The highest BCUT2D eigenvalue weighted by Gasteiger charge is 2.43. The van der Waals surface area contributed by atoms with E-state index in [0.717, 1.165) is 37.7 Å². The predicted octanol–water partition coefficient (Wildman–Crippen LogP) is 6.92. The molecule has 1 unspecified atom stereocenters. The number of nitrogens with zero attached hydrogens (tertiary/aromatic N) is 5. The number of alkyl halides is 2. The van der Waals surface area contributed by atoms with Gasteiger partial charge in [0.05, 0.1) is 16.9 Å². The molecule has 0 spiro atoms. The summed E-state index contributed by atoms with van der Waals surface area (Å²) in [5.41, 5.74) is 0.445. The molecule has 0 saturated carbocycles. The Morgan fingerprint density at radius 1 is 1.02 bits per heavy atom. The molecular weight excluding hydrogens is 534 g/mol. The standard InChI is InChI=1S/C33H42F2N6O/c1-22-10-7-5-6-8-15-41-30-27(19-28(31(41)42)32(3,4)20-36)29(37-21-38-30)39-23(2)24-11-9-12-26(18-24)33(34,35)25-13-16-40(22)17-14-25/h9,11-12,18-19,21-23,25H,5-8,10,13-17H2,1-4H3,(H,37,38,39)/t22?,23-/m1/s1. The molecule has 9 heteroatoms. The fraction of sp³-hybridized carbons (Fsp3) is 0.576. The van der Waals surface area contributed by atoms with E-state index in [-0.39, 0.29) is 17.2 Å². The fourth-order valence-electron chi connectivity index (χ4n) is 6.50. The monoisotopic (exact) mass is 576 g/mol. The van der Waals surface area contributed by atoms with Gasteiger partial charge in [0.1, 0.15) is 17.8 Å². The molecule has 2 atom stereocenters. The van der Waals surface area contributed by atoms with Gasteiger partial charge in [-0.25, -0.2) is 18.7 Å². The van der Waals surface area contributed by atoms with Crippen molar-refractivity contribution >= 4 is 16.9 Å². The maximum atomic E-state index is 15.9. The zero-order chi connectivity index (χ0) is 30.1. The van der Waals surface area contributed by atoms with Crippen molar-refractivity contribution in [2.75, 3.05) is 18.4 Å². The van der Waals surface area contributed by atoms with Gasteiger partial charge in [-0.15, -0.1) is 0 Å². The molecule has 1 saturated heterocycles. The number of anilines is 1. The van der Waals surface area contributed by atoms with Crippen LogP contribution in [0.15, 0.2) is 41.5 Å².